The van der Waals surface area contributed by atoms with Crippen LogP contribution in [0.4, 0.5) is 0 Å². The van der Waals surface area contributed by atoms with E-state index < -0.39 is 0 Å². The summed E-state index contributed by atoms with van der Waals surface area (Å²) in [4.78, 5) is 12.1. The molecule has 0 spiro atoms. The standard InChI is InChI=1S/C11H17N3O2/c1-2-11(5-3-6-13-11)10(15)12-8-9-4-7-14-16-9/h4,7,13H,2-3,5-6,8H2,1H3,(H,12,15). The van der Waals surface area contributed by atoms with Gasteiger partial charge < -0.3 is 15.2 Å². The number of hydrogen-bond acceptors (Lipinski definition) is 4. The highest BCUT2D eigenvalue weighted by Crippen LogP contribution is 2.23. The van der Waals surface area contributed by atoms with Crippen LogP contribution in [0.25, 0.3) is 0 Å². The van der Waals surface area contributed by atoms with Crippen molar-refractivity contribution < 1.29 is 9.32 Å². The number of nitrogens with one attached hydrogen (secondary N) is 2. The molecular formula is C11H17N3O2. The maximum Gasteiger partial charge on any atom is 0.240 e. The fraction of sp³-hybridized carbons (Fsp3) is 0.636. The van der Waals surface area contributed by atoms with E-state index in [4.69, 9.17) is 4.52 Å². The Kier molecular flexibility index (Phi) is 3.24. The average molecular weight is 223 g/mol. The SMILES string of the molecule is CCC1(C(=O)NCc2ccno2)CCCN1. The van der Waals surface area contributed by atoms with E-state index in [0.29, 0.717) is 12.3 Å². The van der Waals surface area contributed by atoms with Crippen molar-refractivity contribution in [2.45, 2.75) is 38.3 Å². The van der Waals surface area contributed by atoms with Gasteiger partial charge in [-0.3, -0.25) is 4.79 Å². The Hall–Kier alpha value is -1.36. The molecule has 88 valence electrons. The smallest absolute Gasteiger partial charge is 0.240 e. The second-order valence-corrected chi connectivity index (χ2v) is 4.13. The first-order valence-electron chi connectivity index (χ1n) is 5.70. The molecule has 1 unspecified atom stereocenters. The number of aromatic nitrogens is 1. The molecule has 0 saturated carbocycles. The Morgan fingerprint density at radius 2 is 2.62 bits per heavy atom. The summed E-state index contributed by atoms with van der Waals surface area (Å²) in [6, 6.07) is 1.75. The average Bonchev–Trinajstić information content (AvgIpc) is 2.97. The van der Waals surface area contributed by atoms with Crippen molar-refractivity contribution in [3.05, 3.63) is 18.0 Å². The maximum atomic E-state index is 12.1. The zero-order valence-electron chi connectivity index (χ0n) is 9.45. The van der Waals surface area contributed by atoms with Crippen molar-refractivity contribution in [2.24, 2.45) is 0 Å². The largest absolute Gasteiger partial charge is 0.360 e. The summed E-state index contributed by atoms with van der Waals surface area (Å²) in [6.07, 6.45) is 4.36. The van der Waals surface area contributed by atoms with E-state index in [1.54, 1.807) is 12.3 Å². The van der Waals surface area contributed by atoms with Crippen molar-refractivity contribution in [3.8, 4) is 0 Å². The third kappa shape index (κ3) is 2.09. The van der Waals surface area contributed by atoms with E-state index in [1.165, 1.54) is 0 Å². The van der Waals surface area contributed by atoms with Crippen molar-refractivity contribution >= 4 is 5.91 Å². The monoisotopic (exact) mass is 223 g/mol. The highest BCUT2D eigenvalue weighted by molar-refractivity contribution is 5.86. The van der Waals surface area contributed by atoms with E-state index in [1.807, 2.05) is 6.92 Å². The zero-order valence-corrected chi connectivity index (χ0v) is 9.45. The fourth-order valence-corrected chi connectivity index (χ4v) is 2.13. The van der Waals surface area contributed by atoms with E-state index >= 15 is 0 Å². The topological polar surface area (TPSA) is 67.2 Å². The number of hydrogen-bond donors (Lipinski definition) is 2. The van der Waals surface area contributed by atoms with Crippen molar-refractivity contribution in [2.75, 3.05) is 6.54 Å². The van der Waals surface area contributed by atoms with Gasteiger partial charge in [-0.25, -0.2) is 0 Å². The summed E-state index contributed by atoms with van der Waals surface area (Å²) in [6.45, 7) is 3.36. The summed E-state index contributed by atoms with van der Waals surface area (Å²) in [5, 5.41) is 9.77. The summed E-state index contributed by atoms with van der Waals surface area (Å²) in [5.41, 5.74) is -0.375. The molecule has 1 aliphatic rings. The van der Waals surface area contributed by atoms with Gasteiger partial charge in [0.05, 0.1) is 18.3 Å². The third-order valence-corrected chi connectivity index (χ3v) is 3.20. The molecule has 1 aromatic heterocycles. The van der Waals surface area contributed by atoms with Crippen LogP contribution in [0.5, 0.6) is 0 Å². The Balaban J connectivity index is 1.91. The van der Waals surface area contributed by atoms with Crippen LogP contribution >= 0.6 is 0 Å². The van der Waals surface area contributed by atoms with Crippen LogP contribution in [0, 0.1) is 0 Å². The van der Waals surface area contributed by atoms with Gasteiger partial charge >= 0.3 is 0 Å². The van der Waals surface area contributed by atoms with Gasteiger partial charge in [-0.2, -0.15) is 0 Å². The van der Waals surface area contributed by atoms with Crippen LogP contribution in [0.1, 0.15) is 31.9 Å². The van der Waals surface area contributed by atoms with E-state index in [9.17, 15) is 4.79 Å². The Morgan fingerprint density at radius 1 is 1.75 bits per heavy atom. The van der Waals surface area contributed by atoms with Gasteiger partial charge in [0.2, 0.25) is 5.91 Å². The fourth-order valence-electron chi connectivity index (χ4n) is 2.13. The maximum absolute atomic E-state index is 12.1. The van der Waals surface area contributed by atoms with E-state index in [-0.39, 0.29) is 11.4 Å². The lowest BCUT2D eigenvalue weighted by atomic mass is 9.93. The molecule has 2 N–H and O–H groups in total. The minimum atomic E-state index is -0.375. The van der Waals surface area contributed by atoms with Gasteiger partial charge in [-0.15, -0.1) is 0 Å². The minimum Gasteiger partial charge on any atom is -0.360 e. The molecule has 0 bridgehead atoms. The Morgan fingerprint density at radius 3 is 3.19 bits per heavy atom. The minimum absolute atomic E-state index is 0.0592. The van der Waals surface area contributed by atoms with Crippen LogP contribution in [0.2, 0.25) is 0 Å². The molecule has 0 aliphatic carbocycles. The molecule has 1 aliphatic heterocycles. The van der Waals surface area contributed by atoms with Gasteiger partial charge in [0.15, 0.2) is 5.76 Å². The summed E-state index contributed by atoms with van der Waals surface area (Å²) in [5.74, 6) is 0.738. The van der Waals surface area contributed by atoms with Crippen LogP contribution in [0.15, 0.2) is 16.8 Å². The molecular weight excluding hydrogens is 206 g/mol. The number of carbonyl (C=O) groups is 1. The summed E-state index contributed by atoms with van der Waals surface area (Å²) in [7, 11) is 0. The molecule has 1 atom stereocenters. The molecule has 1 fully saturated rings. The molecule has 1 aromatic rings. The molecule has 16 heavy (non-hydrogen) atoms. The van der Waals surface area contributed by atoms with Gasteiger partial charge in [0, 0.05) is 6.07 Å². The van der Waals surface area contributed by atoms with Crippen LogP contribution in [-0.4, -0.2) is 23.1 Å². The first-order valence-corrected chi connectivity index (χ1v) is 5.70. The molecule has 5 nitrogen and oxygen atoms in total. The summed E-state index contributed by atoms with van der Waals surface area (Å²) < 4.78 is 4.93. The predicted octanol–water partition coefficient (Wildman–Crippen LogP) is 0.823. The molecule has 2 rings (SSSR count). The molecule has 5 heteroatoms. The quantitative estimate of drug-likeness (QED) is 0.793. The van der Waals surface area contributed by atoms with Crippen LogP contribution in [0.3, 0.4) is 0 Å². The van der Waals surface area contributed by atoms with E-state index in [2.05, 4.69) is 15.8 Å². The number of carbonyl (C=O) groups excluding carboxylic acids is 1. The number of rotatable bonds is 4. The molecule has 1 saturated heterocycles. The predicted molar refractivity (Wildman–Crippen MR) is 58.6 cm³/mol. The van der Waals surface area contributed by atoms with Crippen LogP contribution in [-0.2, 0) is 11.3 Å². The van der Waals surface area contributed by atoms with Crippen LogP contribution < -0.4 is 10.6 Å². The van der Waals surface area contributed by atoms with E-state index in [0.717, 1.165) is 25.8 Å². The van der Waals surface area contributed by atoms with Crippen molar-refractivity contribution in [3.63, 3.8) is 0 Å². The lowest BCUT2D eigenvalue weighted by Crippen LogP contribution is -2.52. The highest BCUT2D eigenvalue weighted by Gasteiger charge is 2.38. The molecule has 2 heterocycles. The molecule has 0 aromatic carbocycles. The Bertz CT molecular complexity index is 342. The second kappa shape index (κ2) is 4.65. The lowest BCUT2D eigenvalue weighted by molar-refractivity contribution is -0.127. The first-order chi connectivity index (χ1) is 7.77. The zero-order chi connectivity index (χ0) is 11.4. The highest BCUT2D eigenvalue weighted by atomic mass is 16.5. The van der Waals surface area contributed by atoms with Gasteiger partial charge in [0.1, 0.15) is 0 Å². The Labute approximate surface area is 94.6 Å². The number of amides is 1. The number of nitrogens with zero attached hydrogens (tertiary/aromatic N) is 1. The van der Waals surface area contributed by atoms with Gasteiger partial charge in [0.25, 0.3) is 0 Å². The third-order valence-electron chi connectivity index (χ3n) is 3.20. The lowest BCUT2D eigenvalue weighted by Gasteiger charge is -2.26. The molecule has 0 radical (unpaired) electrons. The summed E-state index contributed by atoms with van der Waals surface area (Å²) >= 11 is 0. The van der Waals surface area contributed by atoms with Gasteiger partial charge in [-0.1, -0.05) is 12.1 Å². The van der Waals surface area contributed by atoms with Crippen molar-refractivity contribution in [1.29, 1.82) is 0 Å². The van der Waals surface area contributed by atoms with Crippen molar-refractivity contribution in [1.82, 2.24) is 15.8 Å². The first kappa shape index (κ1) is 11.1. The molecule has 1 amide bonds. The second-order valence-electron chi connectivity index (χ2n) is 4.13. The van der Waals surface area contributed by atoms with Gasteiger partial charge in [-0.05, 0) is 25.8 Å². The normalized spacial score (nSPS) is 24.6.